The van der Waals surface area contributed by atoms with Gasteiger partial charge in [0.1, 0.15) is 6.61 Å². The van der Waals surface area contributed by atoms with Crippen LogP contribution in [0.3, 0.4) is 0 Å². The van der Waals surface area contributed by atoms with Crippen LogP contribution in [0, 0.1) is 5.41 Å². The van der Waals surface area contributed by atoms with Gasteiger partial charge >= 0.3 is 6.09 Å². The Kier molecular flexibility index (Phi) is 2.46. The number of carbonyl (C=O) groups is 1. The van der Waals surface area contributed by atoms with Crippen LogP contribution < -0.4 is 0 Å². The Hall–Kier alpha value is -1.03. The topological polar surface area (TPSA) is 38.8 Å². The largest absolute Gasteiger partial charge is 0.445 e. The molecule has 0 N–H and O–H groups in total. The van der Waals surface area contributed by atoms with E-state index in [9.17, 15) is 4.79 Å². The molecule has 0 unspecified atom stereocenters. The van der Waals surface area contributed by atoms with Gasteiger partial charge in [-0.2, -0.15) is 0 Å². The van der Waals surface area contributed by atoms with Crippen molar-refractivity contribution in [1.82, 2.24) is 4.90 Å². The van der Waals surface area contributed by atoms with Gasteiger partial charge < -0.3 is 14.4 Å². The summed E-state index contributed by atoms with van der Waals surface area (Å²) >= 11 is 0. The fourth-order valence-corrected chi connectivity index (χ4v) is 1.94. The van der Waals surface area contributed by atoms with Crippen LogP contribution in [0.25, 0.3) is 0 Å². The second kappa shape index (κ2) is 3.61. The number of hydrogen-bond donors (Lipinski definition) is 0. The summed E-state index contributed by atoms with van der Waals surface area (Å²) in [5.74, 6) is 0. The lowest BCUT2D eigenvalue weighted by Crippen LogP contribution is -2.45. The summed E-state index contributed by atoms with van der Waals surface area (Å²) in [6.45, 7) is 6.94. The second-order valence-corrected chi connectivity index (χ2v) is 4.03. The third-order valence-corrected chi connectivity index (χ3v) is 2.84. The van der Waals surface area contributed by atoms with Gasteiger partial charge in [0.2, 0.25) is 0 Å². The molecule has 14 heavy (non-hydrogen) atoms. The Labute approximate surface area is 83.5 Å². The monoisotopic (exact) mass is 197 g/mol. The lowest BCUT2D eigenvalue weighted by atomic mass is 9.85. The maximum Gasteiger partial charge on any atom is 0.410 e. The van der Waals surface area contributed by atoms with Crippen LogP contribution >= 0.6 is 0 Å². The van der Waals surface area contributed by atoms with Gasteiger partial charge in [-0.05, 0) is 6.42 Å². The highest BCUT2D eigenvalue weighted by Gasteiger charge is 2.46. The second-order valence-electron chi connectivity index (χ2n) is 4.03. The van der Waals surface area contributed by atoms with Crippen LogP contribution in [-0.4, -0.2) is 43.9 Å². The summed E-state index contributed by atoms with van der Waals surface area (Å²) in [6, 6.07) is 0. The predicted molar refractivity (Wildman–Crippen MR) is 51.0 cm³/mol. The van der Waals surface area contributed by atoms with E-state index in [-0.39, 0.29) is 11.5 Å². The zero-order valence-corrected chi connectivity index (χ0v) is 8.20. The van der Waals surface area contributed by atoms with Crippen LogP contribution in [0.4, 0.5) is 4.79 Å². The molecule has 1 amide bonds. The summed E-state index contributed by atoms with van der Waals surface area (Å²) in [4.78, 5) is 13.2. The molecule has 2 saturated heterocycles. The zero-order valence-electron chi connectivity index (χ0n) is 8.20. The molecule has 0 aromatic carbocycles. The first-order valence-electron chi connectivity index (χ1n) is 4.86. The lowest BCUT2D eigenvalue weighted by molar-refractivity contribution is -0.104. The number of carbonyl (C=O) groups excluding carboxylic acids is 1. The van der Waals surface area contributed by atoms with Crippen LogP contribution in [0.5, 0.6) is 0 Å². The highest BCUT2D eigenvalue weighted by molar-refractivity contribution is 5.68. The van der Waals surface area contributed by atoms with Crippen molar-refractivity contribution in [1.29, 1.82) is 0 Å². The van der Waals surface area contributed by atoms with E-state index in [0.717, 1.165) is 32.7 Å². The normalized spacial score (nSPS) is 23.3. The van der Waals surface area contributed by atoms with Crippen molar-refractivity contribution >= 4 is 6.09 Å². The van der Waals surface area contributed by atoms with Crippen molar-refractivity contribution in [3.63, 3.8) is 0 Å². The van der Waals surface area contributed by atoms with E-state index in [1.807, 2.05) is 0 Å². The van der Waals surface area contributed by atoms with E-state index in [1.165, 1.54) is 0 Å². The number of amides is 1. The van der Waals surface area contributed by atoms with Gasteiger partial charge in [0.15, 0.2) is 0 Å². The molecule has 0 aromatic rings. The van der Waals surface area contributed by atoms with E-state index in [4.69, 9.17) is 9.47 Å². The van der Waals surface area contributed by atoms with Gasteiger partial charge in [-0.15, -0.1) is 0 Å². The SMILES string of the molecule is C=CCOC(=O)N1CCC2(COC2)C1. The number of hydrogen-bond acceptors (Lipinski definition) is 3. The average molecular weight is 197 g/mol. The van der Waals surface area contributed by atoms with Gasteiger partial charge in [0.05, 0.1) is 13.2 Å². The molecule has 0 bridgehead atoms. The van der Waals surface area contributed by atoms with Crippen LogP contribution in [0.15, 0.2) is 12.7 Å². The van der Waals surface area contributed by atoms with E-state index < -0.39 is 0 Å². The highest BCUT2D eigenvalue weighted by atomic mass is 16.6. The minimum Gasteiger partial charge on any atom is -0.445 e. The third kappa shape index (κ3) is 1.62. The van der Waals surface area contributed by atoms with Gasteiger partial charge in [-0.3, -0.25) is 0 Å². The van der Waals surface area contributed by atoms with Crippen LogP contribution in [0.2, 0.25) is 0 Å². The van der Waals surface area contributed by atoms with Crippen molar-refractivity contribution in [3.05, 3.63) is 12.7 Å². The molecule has 78 valence electrons. The van der Waals surface area contributed by atoms with Gasteiger partial charge in [-0.25, -0.2) is 4.79 Å². The predicted octanol–water partition coefficient (Wildman–Crippen LogP) is 1.03. The Bertz CT molecular complexity index is 248. The molecule has 2 aliphatic heterocycles. The Morgan fingerprint density at radius 1 is 1.64 bits per heavy atom. The number of rotatable bonds is 2. The van der Waals surface area contributed by atoms with E-state index >= 15 is 0 Å². The number of ether oxygens (including phenoxy) is 2. The molecule has 4 nitrogen and oxygen atoms in total. The molecule has 0 radical (unpaired) electrons. The first-order valence-corrected chi connectivity index (χ1v) is 4.86. The number of likely N-dealkylation sites (tertiary alicyclic amines) is 1. The molecule has 2 fully saturated rings. The molecule has 1 spiro atoms. The highest BCUT2D eigenvalue weighted by Crippen LogP contribution is 2.37. The fourth-order valence-electron chi connectivity index (χ4n) is 1.94. The van der Waals surface area contributed by atoms with E-state index in [2.05, 4.69) is 6.58 Å². The van der Waals surface area contributed by atoms with Crippen LogP contribution in [-0.2, 0) is 9.47 Å². The smallest absolute Gasteiger partial charge is 0.410 e. The van der Waals surface area contributed by atoms with Crippen molar-refractivity contribution < 1.29 is 14.3 Å². The number of nitrogens with zero attached hydrogens (tertiary/aromatic N) is 1. The van der Waals surface area contributed by atoms with Crippen molar-refractivity contribution in [2.45, 2.75) is 6.42 Å². The minimum atomic E-state index is -0.228. The van der Waals surface area contributed by atoms with Gasteiger partial charge in [0.25, 0.3) is 0 Å². The fraction of sp³-hybridized carbons (Fsp3) is 0.700. The molecule has 0 saturated carbocycles. The molecule has 2 heterocycles. The molecule has 2 aliphatic rings. The zero-order chi connectivity index (χ0) is 10.0. The molecule has 0 atom stereocenters. The quantitative estimate of drug-likeness (QED) is 0.621. The first-order chi connectivity index (χ1) is 6.76. The molecular weight excluding hydrogens is 182 g/mol. The lowest BCUT2D eigenvalue weighted by Gasteiger charge is -2.37. The Morgan fingerprint density at radius 3 is 2.93 bits per heavy atom. The first kappa shape index (κ1) is 9.52. The van der Waals surface area contributed by atoms with Crippen molar-refractivity contribution in [2.24, 2.45) is 5.41 Å². The van der Waals surface area contributed by atoms with E-state index in [1.54, 1.807) is 11.0 Å². The van der Waals surface area contributed by atoms with Crippen LogP contribution in [0.1, 0.15) is 6.42 Å². The maximum atomic E-state index is 11.4. The molecule has 0 aromatic heterocycles. The average Bonchev–Trinajstić information content (AvgIpc) is 2.58. The molecular formula is C10H15NO3. The molecule has 2 rings (SSSR count). The standard InChI is InChI=1S/C10H15NO3/c1-2-5-14-9(12)11-4-3-10(6-11)7-13-8-10/h2H,1,3-8H2. The van der Waals surface area contributed by atoms with E-state index in [0.29, 0.717) is 6.61 Å². The maximum absolute atomic E-state index is 11.4. The Morgan fingerprint density at radius 2 is 2.43 bits per heavy atom. The summed E-state index contributed by atoms with van der Waals surface area (Å²) in [6.07, 6.45) is 2.39. The third-order valence-electron chi connectivity index (χ3n) is 2.84. The summed E-state index contributed by atoms with van der Waals surface area (Å²) in [5, 5.41) is 0. The summed E-state index contributed by atoms with van der Waals surface area (Å²) in [7, 11) is 0. The van der Waals surface area contributed by atoms with Gasteiger partial charge in [0, 0.05) is 18.5 Å². The summed E-state index contributed by atoms with van der Waals surface area (Å²) in [5.41, 5.74) is 0.243. The van der Waals surface area contributed by atoms with Crippen molar-refractivity contribution in [2.75, 3.05) is 32.9 Å². The Balaban J connectivity index is 1.82. The minimum absolute atomic E-state index is 0.228. The van der Waals surface area contributed by atoms with Crippen molar-refractivity contribution in [3.8, 4) is 0 Å². The summed E-state index contributed by atoms with van der Waals surface area (Å²) < 4.78 is 10.1. The van der Waals surface area contributed by atoms with Gasteiger partial charge in [-0.1, -0.05) is 12.7 Å². The molecule has 4 heteroatoms. The molecule has 0 aliphatic carbocycles.